The summed E-state index contributed by atoms with van der Waals surface area (Å²) in [6.07, 6.45) is 4.59. The number of hydrogen-bond acceptors (Lipinski definition) is 4. The van der Waals surface area contributed by atoms with E-state index >= 15 is 0 Å². The minimum absolute atomic E-state index is 0.201. The third-order valence-electron chi connectivity index (χ3n) is 3.06. The largest absolute Gasteiger partial charge is 0.468 e. The first-order chi connectivity index (χ1) is 8.08. The molecule has 0 amide bonds. The molecule has 1 atom stereocenters. The second-order valence-corrected chi connectivity index (χ2v) is 4.23. The Kier molecular flexibility index (Phi) is 5.15. The van der Waals surface area contributed by atoms with Crippen LogP contribution >= 0.6 is 0 Å². The van der Waals surface area contributed by atoms with Crippen molar-refractivity contribution in [2.24, 2.45) is 7.05 Å². The lowest BCUT2D eigenvalue weighted by Crippen LogP contribution is -2.37. The number of carbonyl (C=O) groups is 1. The van der Waals surface area contributed by atoms with Gasteiger partial charge in [0.2, 0.25) is 0 Å². The van der Waals surface area contributed by atoms with Crippen LogP contribution in [0.5, 0.6) is 0 Å². The quantitative estimate of drug-likeness (QED) is 0.700. The van der Waals surface area contributed by atoms with Gasteiger partial charge in [0.25, 0.3) is 0 Å². The molecular formula is C12H21N3O2. The predicted octanol–water partition coefficient (Wildman–Crippen LogP) is 1.19. The zero-order chi connectivity index (χ0) is 12.8. The number of imidazole rings is 1. The van der Waals surface area contributed by atoms with Crippen molar-refractivity contribution < 1.29 is 9.53 Å². The van der Waals surface area contributed by atoms with E-state index in [2.05, 4.69) is 23.7 Å². The summed E-state index contributed by atoms with van der Waals surface area (Å²) in [5.41, 5.74) is 1.09. The summed E-state index contributed by atoms with van der Waals surface area (Å²) in [6, 6.07) is 0.337. The maximum absolute atomic E-state index is 11.4. The molecule has 0 N–H and O–H groups in total. The molecule has 0 saturated heterocycles. The molecular weight excluding hydrogens is 218 g/mol. The van der Waals surface area contributed by atoms with Crippen LogP contribution in [0.3, 0.4) is 0 Å². The summed E-state index contributed by atoms with van der Waals surface area (Å²) in [7, 11) is 3.37. The molecule has 5 nitrogen and oxygen atoms in total. The fourth-order valence-electron chi connectivity index (χ4n) is 1.60. The fraction of sp³-hybridized carbons (Fsp3) is 0.667. The monoisotopic (exact) mass is 239 g/mol. The number of esters is 1. The van der Waals surface area contributed by atoms with Crippen LogP contribution in [0.4, 0.5) is 0 Å². The first-order valence-electron chi connectivity index (χ1n) is 5.84. The molecule has 1 rings (SSSR count). The molecule has 5 heteroatoms. The van der Waals surface area contributed by atoms with Crippen LogP contribution < -0.4 is 0 Å². The zero-order valence-corrected chi connectivity index (χ0v) is 11.0. The Morgan fingerprint density at radius 3 is 2.82 bits per heavy atom. The minimum Gasteiger partial charge on any atom is -0.468 e. The van der Waals surface area contributed by atoms with Crippen molar-refractivity contribution in [1.82, 2.24) is 14.5 Å². The second kappa shape index (κ2) is 6.39. The summed E-state index contributed by atoms with van der Waals surface area (Å²) in [4.78, 5) is 17.5. The average Bonchev–Trinajstić information content (AvgIpc) is 2.73. The van der Waals surface area contributed by atoms with Crippen LogP contribution in [0.1, 0.15) is 26.0 Å². The summed E-state index contributed by atoms with van der Waals surface area (Å²) in [6.45, 7) is 5.24. The molecule has 1 heterocycles. The summed E-state index contributed by atoms with van der Waals surface area (Å²) >= 11 is 0. The number of nitrogens with zero attached hydrogens (tertiary/aromatic N) is 3. The topological polar surface area (TPSA) is 47.4 Å². The van der Waals surface area contributed by atoms with E-state index in [1.165, 1.54) is 7.11 Å². The van der Waals surface area contributed by atoms with Gasteiger partial charge in [-0.2, -0.15) is 0 Å². The van der Waals surface area contributed by atoms with Crippen molar-refractivity contribution in [1.29, 1.82) is 0 Å². The number of aryl methyl sites for hydroxylation is 1. The molecule has 0 bridgehead atoms. The Hall–Kier alpha value is -1.36. The summed E-state index contributed by atoms with van der Waals surface area (Å²) in [5.74, 6) is -0.201. The van der Waals surface area contributed by atoms with E-state index in [1.807, 2.05) is 17.8 Å². The molecule has 0 radical (unpaired) electrons. The van der Waals surface area contributed by atoms with Gasteiger partial charge in [0, 0.05) is 25.8 Å². The first-order valence-corrected chi connectivity index (χ1v) is 5.84. The van der Waals surface area contributed by atoms with E-state index in [0.717, 1.165) is 12.1 Å². The Bertz CT molecular complexity index is 362. The standard InChI is InChI=1S/C12H21N3O2/c1-5-10(2)15(8-12(16)17-4)7-11-6-13-9-14(11)3/h6,9-10H,5,7-8H2,1-4H3/t10-/m0/s1. The van der Waals surface area contributed by atoms with Gasteiger partial charge in [-0.25, -0.2) is 4.98 Å². The van der Waals surface area contributed by atoms with E-state index in [9.17, 15) is 4.79 Å². The van der Waals surface area contributed by atoms with Gasteiger partial charge in [-0.05, 0) is 13.3 Å². The normalized spacial score (nSPS) is 12.8. The van der Waals surface area contributed by atoms with Crippen LogP contribution in [0.15, 0.2) is 12.5 Å². The fourth-order valence-corrected chi connectivity index (χ4v) is 1.60. The average molecular weight is 239 g/mol. The predicted molar refractivity (Wildman–Crippen MR) is 65.4 cm³/mol. The third kappa shape index (κ3) is 3.85. The molecule has 0 spiro atoms. The molecule has 0 aromatic carbocycles. The van der Waals surface area contributed by atoms with E-state index in [4.69, 9.17) is 4.74 Å². The molecule has 0 fully saturated rings. The minimum atomic E-state index is -0.201. The van der Waals surface area contributed by atoms with Gasteiger partial charge in [0.05, 0.1) is 25.7 Å². The highest BCUT2D eigenvalue weighted by molar-refractivity contribution is 5.71. The van der Waals surface area contributed by atoms with Gasteiger partial charge in [-0.3, -0.25) is 9.69 Å². The number of ether oxygens (including phenoxy) is 1. The second-order valence-electron chi connectivity index (χ2n) is 4.23. The lowest BCUT2D eigenvalue weighted by Gasteiger charge is -2.27. The van der Waals surface area contributed by atoms with Gasteiger partial charge in [-0.15, -0.1) is 0 Å². The van der Waals surface area contributed by atoms with E-state index in [0.29, 0.717) is 19.1 Å². The molecule has 0 saturated carbocycles. The Balaban J connectivity index is 2.70. The smallest absolute Gasteiger partial charge is 0.319 e. The molecule has 17 heavy (non-hydrogen) atoms. The Morgan fingerprint density at radius 1 is 1.65 bits per heavy atom. The lowest BCUT2D eigenvalue weighted by molar-refractivity contribution is -0.142. The highest BCUT2D eigenvalue weighted by Gasteiger charge is 2.17. The first kappa shape index (κ1) is 13.7. The van der Waals surface area contributed by atoms with Gasteiger partial charge in [-0.1, -0.05) is 6.92 Å². The molecule has 0 unspecified atom stereocenters. The van der Waals surface area contributed by atoms with Crippen molar-refractivity contribution in [2.75, 3.05) is 13.7 Å². The Morgan fingerprint density at radius 2 is 2.35 bits per heavy atom. The van der Waals surface area contributed by atoms with Gasteiger partial charge >= 0.3 is 5.97 Å². The van der Waals surface area contributed by atoms with Crippen molar-refractivity contribution in [3.05, 3.63) is 18.2 Å². The molecule has 1 aromatic heterocycles. The highest BCUT2D eigenvalue weighted by atomic mass is 16.5. The van der Waals surface area contributed by atoms with Crippen molar-refractivity contribution in [3.8, 4) is 0 Å². The molecule has 0 aliphatic rings. The van der Waals surface area contributed by atoms with Crippen molar-refractivity contribution in [3.63, 3.8) is 0 Å². The van der Waals surface area contributed by atoms with E-state index in [1.54, 1.807) is 6.33 Å². The number of hydrogen-bond donors (Lipinski definition) is 0. The lowest BCUT2D eigenvalue weighted by atomic mass is 10.2. The number of methoxy groups -OCH3 is 1. The highest BCUT2D eigenvalue weighted by Crippen LogP contribution is 2.09. The molecule has 96 valence electrons. The van der Waals surface area contributed by atoms with E-state index in [-0.39, 0.29) is 5.97 Å². The summed E-state index contributed by atoms with van der Waals surface area (Å²) < 4.78 is 6.69. The maximum Gasteiger partial charge on any atom is 0.319 e. The van der Waals surface area contributed by atoms with Crippen LogP contribution in [0.2, 0.25) is 0 Å². The molecule has 0 aliphatic heterocycles. The SMILES string of the molecule is CC[C@H](C)N(CC(=O)OC)Cc1cncn1C. The Labute approximate surface area is 102 Å². The van der Waals surface area contributed by atoms with Crippen LogP contribution in [0, 0.1) is 0 Å². The zero-order valence-electron chi connectivity index (χ0n) is 11.0. The number of rotatable bonds is 6. The van der Waals surface area contributed by atoms with Gasteiger partial charge in [0.1, 0.15) is 0 Å². The summed E-state index contributed by atoms with van der Waals surface area (Å²) in [5, 5.41) is 0. The molecule has 0 aliphatic carbocycles. The molecule has 1 aromatic rings. The van der Waals surface area contributed by atoms with Crippen molar-refractivity contribution >= 4 is 5.97 Å². The van der Waals surface area contributed by atoms with Crippen LogP contribution in [-0.4, -0.2) is 40.1 Å². The van der Waals surface area contributed by atoms with Gasteiger partial charge in [0.15, 0.2) is 0 Å². The number of aromatic nitrogens is 2. The van der Waals surface area contributed by atoms with Crippen LogP contribution in [-0.2, 0) is 23.1 Å². The maximum atomic E-state index is 11.4. The van der Waals surface area contributed by atoms with Crippen LogP contribution in [0.25, 0.3) is 0 Å². The van der Waals surface area contributed by atoms with Gasteiger partial charge < -0.3 is 9.30 Å². The van der Waals surface area contributed by atoms with E-state index < -0.39 is 0 Å². The number of carbonyl (C=O) groups excluding carboxylic acids is 1. The van der Waals surface area contributed by atoms with Crippen molar-refractivity contribution in [2.45, 2.75) is 32.9 Å². The third-order valence-corrected chi connectivity index (χ3v) is 3.06.